The van der Waals surface area contributed by atoms with Gasteiger partial charge in [-0.25, -0.2) is 9.78 Å². The van der Waals surface area contributed by atoms with Gasteiger partial charge >= 0.3 is 6.09 Å². The average molecular weight is 365 g/mol. The van der Waals surface area contributed by atoms with Crippen LogP contribution in [0.2, 0.25) is 0 Å². The van der Waals surface area contributed by atoms with Crippen molar-refractivity contribution in [2.45, 2.75) is 6.61 Å². The largest absolute Gasteiger partial charge is 0.445 e. The highest BCUT2D eigenvalue weighted by molar-refractivity contribution is 5.97. The first kappa shape index (κ1) is 17.1. The maximum absolute atomic E-state index is 12.7. The van der Waals surface area contributed by atoms with E-state index in [4.69, 9.17) is 9.15 Å². The highest BCUT2D eigenvalue weighted by Crippen LogP contribution is 2.17. The molecule has 4 rings (SSSR count). The van der Waals surface area contributed by atoms with Crippen molar-refractivity contribution in [3.8, 4) is 0 Å². The number of rotatable bonds is 3. The molecular formula is C20H19N3O4. The van der Waals surface area contributed by atoms with E-state index in [1.807, 2.05) is 30.3 Å². The van der Waals surface area contributed by atoms with E-state index in [-0.39, 0.29) is 18.6 Å². The Morgan fingerprint density at radius 3 is 2.52 bits per heavy atom. The molecule has 0 unspecified atom stereocenters. The highest BCUT2D eigenvalue weighted by Gasteiger charge is 2.26. The molecule has 138 valence electrons. The monoisotopic (exact) mass is 365 g/mol. The molecule has 0 radical (unpaired) electrons. The van der Waals surface area contributed by atoms with Gasteiger partial charge in [0.25, 0.3) is 5.91 Å². The lowest BCUT2D eigenvalue weighted by molar-refractivity contribution is 0.0544. The van der Waals surface area contributed by atoms with Crippen molar-refractivity contribution >= 4 is 23.1 Å². The van der Waals surface area contributed by atoms with Crippen LogP contribution in [0.1, 0.15) is 15.9 Å². The van der Waals surface area contributed by atoms with Crippen molar-refractivity contribution < 1.29 is 18.7 Å². The molecule has 1 aliphatic rings. The summed E-state index contributed by atoms with van der Waals surface area (Å²) in [6.07, 6.45) is 1.01. The molecule has 1 aromatic heterocycles. The van der Waals surface area contributed by atoms with Gasteiger partial charge < -0.3 is 19.0 Å². The number of amides is 2. The van der Waals surface area contributed by atoms with E-state index in [2.05, 4.69) is 4.98 Å². The zero-order chi connectivity index (χ0) is 18.6. The Labute approximate surface area is 156 Å². The van der Waals surface area contributed by atoms with Crippen molar-refractivity contribution in [3.05, 3.63) is 66.1 Å². The van der Waals surface area contributed by atoms with Gasteiger partial charge in [0.1, 0.15) is 12.1 Å². The van der Waals surface area contributed by atoms with Crippen LogP contribution >= 0.6 is 0 Å². The molecule has 27 heavy (non-hydrogen) atoms. The maximum atomic E-state index is 12.7. The number of nitrogens with zero attached hydrogens (tertiary/aromatic N) is 3. The third kappa shape index (κ3) is 3.76. The van der Waals surface area contributed by atoms with Gasteiger partial charge in [0.15, 0.2) is 12.0 Å². The first-order valence-corrected chi connectivity index (χ1v) is 8.79. The summed E-state index contributed by atoms with van der Waals surface area (Å²) in [5, 5.41) is 0. The second-order valence-corrected chi connectivity index (χ2v) is 6.35. The van der Waals surface area contributed by atoms with Crippen LogP contribution in [0.4, 0.5) is 4.79 Å². The molecule has 0 aliphatic carbocycles. The minimum absolute atomic E-state index is 0.0781. The Kier molecular flexibility index (Phi) is 4.74. The fourth-order valence-electron chi connectivity index (χ4n) is 3.07. The van der Waals surface area contributed by atoms with Crippen LogP contribution < -0.4 is 0 Å². The number of oxazole rings is 1. The van der Waals surface area contributed by atoms with Crippen LogP contribution in [0.5, 0.6) is 0 Å². The summed E-state index contributed by atoms with van der Waals surface area (Å²) in [6, 6.07) is 14.8. The predicted molar refractivity (Wildman–Crippen MR) is 98.1 cm³/mol. The molecule has 3 aromatic rings. The van der Waals surface area contributed by atoms with Gasteiger partial charge in [-0.1, -0.05) is 30.3 Å². The standard InChI is InChI=1S/C20H19N3O4/c24-19(16-6-7-17-18(12-16)27-14-21-17)22-8-10-23(11-9-22)20(25)26-13-15-4-2-1-3-5-15/h1-7,12,14H,8-11,13H2. The molecule has 7 heteroatoms. The zero-order valence-corrected chi connectivity index (χ0v) is 14.7. The topological polar surface area (TPSA) is 75.9 Å². The van der Waals surface area contributed by atoms with E-state index >= 15 is 0 Å². The fraction of sp³-hybridized carbons (Fsp3) is 0.250. The minimum Gasteiger partial charge on any atom is -0.445 e. The molecule has 2 heterocycles. The van der Waals surface area contributed by atoms with Gasteiger partial charge in [-0.05, 0) is 23.8 Å². The van der Waals surface area contributed by atoms with Crippen LogP contribution in [0, 0.1) is 0 Å². The SMILES string of the molecule is O=C(OCc1ccccc1)N1CCN(C(=O)c2ccc3ncoc3c2)CC1. The number of hydrogen-bond acceptors (Lipinski definition) is 5. The van der Waals surface area contributed by atoms with Crippen LogP contribution in [0.15, 0.2) is 59.3 Å². The molecule has 7 nitrogen and oxygen atoms in total. The maximum Gasteiger partial charge on any atom is 0.410 e. The number of ether oxygens (including phenoxy) is 1. The first-order chi connectivity index (χ1) is 13.2. The van der Waals surface area contributed by atoms with E-state index in [1.165, 1.54) is 6.39 Å². The molecule has 2 aromatic carbocycles. The Morgan fingerprint density at radius 1 is 1.00 bits per heavy atom. The second kappa shape index (κ2) is 7.49. The van der Waals surface area contributed by atoms with Gasteiger partial charge in [0, 0.05) is 31.7 Å². The fourth-order valence-corrected chi connectivity index (χ4v) is 3.07. The summed E-state index contributed by atoms with van der Waals surface area (Å²) in [7, 11) is 0. The molecule has 1 fully saturated rings. The molecule has 0 saturated carbocycles. The van der Waals surface area contributed by atoms with Crippen molar-refractivity contribution in [1.82, 2.24) is 14.8 Å². The summed E-state index contributed by atoms with van der Waals surface area (Å²) in [6.45, 7) is 2.07. The second-order valence-electron chi connectivity index (χ2n) is 6.35. The van der Waals surface area contributed by atoms with Gasteiger partial charge in [-0.2, -0.15) is 0 Å². The number of piperazine rings is 1. The highest BCUT2D eigenvalue weighted by atomic mass is 16.6. The molecule has 0 spiro atoms. The number of benzene rings is 2. The number of aromatic nitrogens is 1. The van der Waals surface area contributed by atoms with Crippen LogP contribution in [0.25, 0.3) is 11.1 Å². The lowest BCUT2D eigenvalue weighted by Crippen LogP contribution is -2.50. The lowest BCUT2D eigenvalue weighted by atomic mass is 10.1. The number of carbonyl (C=O) groups is 2. The first-order valence-electron chi connectivity index (χ1n) is 8.79. The summed E-state index contributed by atoms with van der Waals surface area (Å²) >= 11 is 0. The minimum atomic E-state index is -0.353. The third-order valence-electron chi connectivity index (χ3n) is 4.61. The molecule has 0 atom stereocenters. The van der Waals surface area contributed by atoms with E-state index in [0.29, 0.717) is 37.3 Å². The van der Waals surface area contributed by atoms with Crippen LogP contribution in [0.3, 0.4) is 0 Å². The lowest BCUT2D eigenvalue weighted by Gasteiger charge is -2.34. The summed E-state index contributed by atoms with van der Waals surface area (Å²) in [4.78, 5) is 32.3. The van der Waals surface area contributed by atoms with E-state index < -0.39 is 0 Å². The Balaban J connectivity index is 1.31. The van der Waals surface area contributed by atoms with Gasteiger partial charge in [-0.15, -0.1) is 0 Å². The van der Waals surface area contributed by atoms with E-state index in [9.17, 15) is 9.59 Å². The van der Waals surface area contributed by atoms with Gasteiger partial charge in [-0.3, -0.25) is 4.79 Å². The Hall–Kier alpha value is -3.35. The zero-order valence-electron chi connectivity index (χ0n) is 14.7. The Morgan fingerprint density at radius 2 is 1.74 bits per heavy atom. The van der Waals surface area contributed by atoms with E-state index in [0.717, 1.165) is 11.1 Å². The van der Waals surface area contributed by atoms with Crippen molar-refractivity contribution in [2.24, 2.45) is 0 Å². The number of hydrogen-bond donors (Lipinski definition) is 0. The quantitative estimate of drug-likeness (QED) is 0.713. The molecule has 0 N–H and O–H groups in total. The molecule has 2 amide bonds. The molecule has 0 bridgehead atoms. The summed E-state index contributed by atoms with van der Waals surface area (Å²) in [5.41, 5.74) is 2.81. The van der Waals surface area contributed by atoms with Crippen molar-refractivity contribution in [1.29, 1.82) is 0 Å². The third-order valence-corrected chi connectivity index (χ3v) is 4.61. The number of carbonyl (C=O) groups excluding carboxylic acids is 2. The normalized spacial score (nSPS) is 14.4. The summed E-state index contributed by atoms with van der Waals surface area (Å²) < 4.78 is 10.6. The number of fused-ring (bicyclic) bond motifs is 1. The van der Waals surface area contributed by atoms with E-state index in [1.54, 1.807) is 28.0 Å². The van der Waals surface area contributed by atoms with Gasteiger partial charge in [0.05, 0.1) is 0 Å². The molecule has 1 saturated heterocycles. The molecular weight excluding hydrogens is 346 g/mol. The van der Waals surface area contributed by atoms with Crippen molar-refractivity contribution in [2.75, 3.05) is 26.2 Å². The average Bonchev–Trinajstić information content (AvgIpc) is 3.20. The predicted octanol–water partition coefficient (Wildman–Crippen LogP) is 2.92. The van der Waals surface area contributed by atoms with Crippen molar-refractivity contribution in [3.63, 3.8) is 0 Å². The molecule has 1 aliphatic heterocycles. The van der Waals surface area contributed by atoms with Crippen LogP contribution in [-0.4, -0.2) is 53.0 Å². The summed E-state index contributed by atoms with van der Waals surface area (Å²) in [5.74, 6) is -0.0781. The Bertz CT molecular complexity index is 946. The van der Waals surface area contributed by atoms with Gasteiger partial charge in [0.2, 0.25) is 0 Å². The van der Waals surface area contributed by atoms with Crippen LogP contribution in [-0.2, 0) is 11.3 Å². The smallest absolute Gasteiger partial charge is 0.410 e.